The Hall–Kier alpha value is -1.75. The van der Waals surface area contributed by atoms with Gasteiger partial charge in [-0.25, -0.2) is 4.79 Å². The molecule has 2 rings (SSSR count). The minimum absolute atomic E-state index is 0.198. The molecular formula is C15H22N2O3. The van der Waals surface area contributed by atoms with Crippen LogP contribution in [0.15, 0.2) is 24.3 Å². The van der Waals surface area contributed by atoms with Gasteiger partial charge in [-0.2, -0.15) is 0 Å². The zero-order valence-electron chi connectivity index (χ0n) is 12.0. The highest BCUT2D eigenvalue weighted by atomic mass is 16.5. The highest BCUT2D eigenvalue weighted by Crippen LogP contribution is 2.26. The second kappa shape index (κ2) is 5.71. The number of anilines is 1. The number of aliphatic carboxylic acids is 1. The molecule has 0 aliphatic carbocycles. The lowest BCUT2D eigenvalue weighted by Crippen LogP contribution is -2.42. The molecule has 1 saturated heterocycles. The molecule has 0 aromatic heterocycles. The number of nitrogens with zero attached hydrogens (tertiary/aromatic N) is 1. The molecule has 0 spiro atoms. The molecule has 3 N–H and O–H groups in total. The molecule has 1 aliphatic heterocycles. The summed E-state index contributed by atoms with van der Waals surface area (Å²) in [5.74, 6) is -0.419. The fourth-order valence-corrected chi connectivity index (χ4v) is 2.33. The molecule has 20 heavy (non-hydrogen) atoms. The standard InChI is InChI=1S/C15H22N2O3/c1-15(2,14(18)19)20-13-7-3-6-12(9-13)17-8-4-5-11(16)10-17/h3,6-7,9,11H,4-5,8,10,16H2,1-2H3,(H,18,19). The van der Waals surface area contributed by atoms with E-state index in [1.165, 1.54) is 0 Å². The summed E-state index contributed by atoms with van der Waals surface area (Å²) in [4.78, 5) is 13.3. The second-order valence-corrected chi connectivity index (χ2v) is 5.76. The minimum atomic E-state index is -1.24. The summed E-state index contributed by atoms with van der Waals surface area (Å²) in [5.41, 5.74) is 5.78. The lowest BCUT2D eigenvalue weighted by molar-refractivity contribution is -0.152. The van der Waals surface area contributed by atoms with E-state index in [-0.39, 0.29) is 6.04 Å². The number of rotatable bonds is 4. The maximum atomic E-state index is 11.1. The van der Waals surface area contributed by atoms with Crippen LogP contribution in [0.3, 0.4) is 0 Å². The van der Waals surface area contributed by atoms with E-state index in [0.29, 0.717) is 5.75 Å². The molecule has 1 aliphatic rings. The average Bonchev–Trinajstić information content (AvgIpc) is 2.38. The Labute approximate surface area is 119 Å². The Morgan fingerprint density at radius 1 is 1.50 bits per heavy atom. The summed E-state index contributed by atoms with van der Waals surface area (Å²) >= 11 is 0. The van der Waals surface area contributed by atoms with Gasteiger partial charge in [-0.3, -0.25) is 0 Å². The summed E-state index contributed by atoms with van der Waals surface area (Å²) in [5, 5.41) is 9.10. The van der Waals surface area contributed by atoms with Crippen LogP contribution >= 0.6 is 0 Å². The van der Waals surface area contributed by atoms with E-state index in [1.54, 1.807) is 19.9 Å². The smallest absolute Gasteiger partial charge is 0.347 e. The number of hydrogen-bond acceptors (Lipinski definition) is 4. The third kappa shape index (κ3) is 3.42. The maximum absolute atomic E-state index is 11.1. The summed E-state index contributed by atoms with van der Waals surface area (Å²) in [6, 6.07) is 7.73. The molecule has 1 atom stereocenters. The first-order valence-electron chi connectivity index (χ1n) is 6.91. The SMILES string of the molecule is CC(C)(Oc1cccc(N2CCCC(N)C2)c1)C(=O)O. The first-order chi connectivity index (χ1) is 9.38. The van der Waals surface area contributed by atoms with Crippen molar-refractivity contribution >= 4 is 11.7 Å². The third-order valence-corrected chi connectivity index (χ3v) is 3.53. The highest BCUT2D eigenvalue weighted by molar-refractivity contribution is 5.76. The maximum Gasteiger partial charge on any atom is 0.347 e. The predicted octanol–water partition coefficient (Wildman–Crippen LogP) is 1.86. The van der Waals surface area contributed by atoms with Crippen molar-refractivity contribution in [1.82, 2.24) is 0 Å². The van der Waals surface area contributed by atoms with Crippen molar-refractivity contribution in [2.45, 2.75) is 38.3 Å². The molecule has 5 nitrogen and oxygen atoms in total. The summed E-state index contributed by atoms with van der Waals surface area (Å²) < 4.78 is 5.56. The predicted molar refractivity (Wildman–Crippen MR) is 78.2 cm³/mol. The van der Waals surface area contributed by atoms with Crippen LogP contribution in [0.5, 0.6) is 5.75 Å². The molecule has 1 aromatic rings. The fraction of sp³-hybridized carbons (Fsp3) is 0.533. The first kappa shape index (κ1) is 14.7. The molecule has 0 radical (unpaired) electrons. The third-order valence-electron chi connectivity index (χ3n) is 3.53. The Balaban J connectivity index is 2.13. The molecule has 0 saturated carbocycles. The monoisotopic (exact) mass is 278 g/mol. The van der Waals surface area contributed by atoms with Gasteiger partial charge in [0.05, 0.1) is 0 Å². The molecule has 5 heteroatoms. The fourth-order valence-electron chi connectivity index (χ4n) is 2.33. The van der Waals surface area contributed by atoms with Gasteiger partial charge in [0, 0.05) is 30.9 Å². The van der Waals surface area contributed by atoms with Crippen molar-refractivity contribution in [3.8, 4) is 5.75 Å². The number of benzene rings is 1. The van der Waals surface area contributed by atoms with Crippen molar-refractivity contribution in [2.75, 3.05) is 18.0 Å². The van der Waals surface area contributed by atoms with Crippen molar-refractivity contribution in [1.29, 1.82) is 0 Å². The quantitative estimate of drug-likeness (QED) is 0.879. The van der Waals surface area contributed by atoms with E-state index < -0.39 is 11.6 Å². The van der Waals surface area contributed by atoms with Gasteiger partial charge in [-0.15, -0.1) is 0 Å². The zero-order chi connectivity index (χ0) is 14.8. The first-order valence-corrected chi connectivity index (χ1v) is 6.91. The van der Waals surface area contributed by atoms with Crippen LogP contribution in [0.25, 0.3) is 0 Å². The molecule has 110 valence electrons. The molecular weight excluding hydrogens is 256 g/mol. The van der Waals surface area contributed by atoms with Crippen LogP contribution in [-0.2, 0) is 4.79 Å². The van der Waals surface area contributed by atoms with Gasteiger partial charge in [0.1, 0.15) is 5.75 Å². The average molecular weight is 278 g/mol. The molecule has 1 fully saturated rings. The summed E-state index contributed by atoms with van der Waals surface area (Å²) in [6.45, 7) is 4.88. The largest absolute Gasteiger partial charge is 0.478 e. The van der Waals surface area contributed by atoms with E-state index in [1.807, 2.05) is 18.2 Å². The number of ether oxygens (including phenoxy) is 1. The van der Waals surface area contributed by atoms with Gasteiger partial charge in [0.25, 0.3) is 0 Å². The number of carboxylic acids is 1. The van der Waals surface area contributed by atoms with Gasteiger partial charge in [-0.05, 0) is 38.8 Å². The van der Waals surface area contributed by atoms with E-state index in [0.717, 1.165) is 31.6 Å². The van der Waals surface area contributed by atoms with Crippen LogP contribution in [0.2, 0.25) is 0 Å². The molecule has 0 amide bonds. The number of carboxylic acid groups (broad SMARTS) is 1. The lowest BCUT2D eigenvalue weighted by atomic mass is 10.1. The number of hydrogen-bond donors (Lipinski definition) is 2. The van der Waals surface area contributed by atoms with E-state index >= 15 is 0 Å². The van der Waals surface area contributed by atoms with Gasteiger partial charge < -0.3 is 20.5 Å². The van der Waals surface area contributed by atoms with Crippen LogP contribution in [-0.4, -0.2) is 35.8 Å². The Kier molecular flexibility index (Phi) is 4.18. The highest BCUT2D eigenvalue weighted by Gasteiger charge is 2.29. The van der Waals surface area contributed by atoms with Gasteiger partial charge in [0.15, 0.2) is 5.60 Å². The summed E-state index contributed by atoms with van der Waals surface area (Å²) in [7, 11) is 0. The number of carbonyl (C=O) groups is 1. The summed E-state index contributed by atoms with van der Waals surface area (Å²) in [6.07, 6.45) is 2.13. The Morgan fingerprint density at radius 2 is 2.25 bits per heavy atom. The van der Waals surface area contributed by atoms with Gasteiger partial charge in [0.2, 0.25) is 0 Å². The van der Waals surface area contributed by atoms with Crippen molar-refractivity contribution < 1.29 is 14.6 Å². The van der Waals surface area contributed by atoms with Crippen LogP contribution in [0, 0.1) is 0 Å². The minimum Gasteiger partial charge on any atom is -0.478 e. The number of piperidine rings is 1. The van der Waals surface area contributed by atoms with Crippen LogP contribution in [0.1, 0.15) is 26.7 Å². The normalized spacial score (nSPS) is 19.8. The van der Waals surface area contributed by atoms with Crippen molar-refractivity contribution in [3.05, 3.63) is 24.3 Å². The van der Waals surface area contributed by atoms with E-state index in [4.69, 9.17) is 15.6 Å². The van der Waals surface area contributed by atoms with Gasteiger partial charge >= 0.3 is 5.97 Å². The molecule has 0 bridgehead atoms. The van der Waals surface area contributed by atoms with Crippen LogP contribution < -0.4 is 15.4 Å². The second-order valence-electron chi connectivity index (χ2n) is 5.76. The van der Waals surface area contributed by atoms with E-state index in [2.05, 4.69) is 4.90 Å². The van der Waals surface area contributed by atoms with Crippen molar-refractivity contribution in [3.63, 3.8) is 0 Å². The zero-order valence-corrected chi connectivity index (χ0v) is 12.0. The van der Waals surface area contributed by atoms with Crippen molar-refractivity contribution in [2.24, 2.45) is 5.73 Å². The van der Waals surface area contributed by atoms with E-state index in [9.17, 15) is 4.79 Å². The Morgan fingerprint density at radius 3 is 2.90 bits per heavy atom. The topological polar surface area (TPSA) is 75.8 Å². The Bertz CT molecular complexity index is 488. The van der Waals surface area contributed by atoms with Gasteiger partial charge in [-0.1, -0.05) is 6.07 Å². The molecule has 1 unspecified atom stereocenters. The molecule has 1 heterocycles. The lowest BCUT2D eigenvalue weighted by Gasteiger charge is -2.33. The van der Waals surface area contributed by atoms with Crippen LogP contribution in [0.4, 0.5) is 5.69 Å². The molecule has 1 aromatic carbocycles. The number of nitrogens with two attached hydrogens (primary N) is 1.